The predicted molar refractivity (Wildman–Crippen MR) is 94.9 cm³/mol. The lowest BCUT2D eigenvalue weighted by molar-refractivity contribution is 0.679. The summed E-state index contributed by atoms with van der Waals surface area (Å²) in [6.07, 6.45) is 1.86. The Morgan fingerprint density at radius 2 is 2.15 bits per heavy atom. The van der Waals surface area contributed by atoms with Crippen LogP contribution in [0.5, 0.6) is 0 Å². The molecule has 104 valence electrons. The quantitative estimate of drug-likeness (QED) is 0.434. The van der Waals surface area contributed by atoms with Gasteiger partial charge >= 0.3 is 0 Å². The zero-order valence-corrected chi connectivity index (χ0v) is 14.6. The molecular formula is C15H14ClIN2S. The van der Waals surface area contributed by atoms with Gasteiger partial charge in [-0.2, -0.15) is 0 Å². The highest BCUT2D eigenvalue weighted by Crippen LogP contribution is 2.21. The first-order valence-corrected chi connectivity index (χ1v) is 9.00. The van der Waals surface area contributed by atoms with Gasteiger partial charge in [-0.25, -0.2) is 4.98 Å². The lowest BCUT2D eigenvalue weighted by Crippen LogP contribution is -2.06. The Hall–Kier alpha value is -0.590. The van der Waals surface area contributed by atoms with Crippen molar-refractivity contribution in [3.8, 4) is 0 Å². The van der Waals surface area contributed by atoms with Gasteiger partial charge in [0.1, 0.15) is 5.82 Å². The van der Waals surface area contributed by atoms with Crippen LogP contribution < -0.4 is 0 Å². The third-order valence-corrected chi connectivity index (χ3v) is 5.07. The molecule has 0 spiro atoms. The summed E-state index contributed by atoms with van der Waals surface area (Å²) in [5, 5.41) is 2.13. The SMILES string of the molecule is ClCCc1nc2cc(I)ccc2n1CCc1cccs1. The molecule has 0 atom stereocenters. The number of hydrogen-bond donors (Lipinski definition) is 0. The van der Waals surface area contributed by atoms with Gasteiger partial charge in [-0.15, -0.1) is 22.9 Å². The van der Waals surface area contributed by atoms with Crippen molar-refractivity contribution in [1.82, 2.24) is 9.55 Å². The second-order valence-corrected chi connectivity index (χ2v) is 7.24. The molecule has 0 unspecified atom stereocenters. The van der Waals surface area contributed by atoms with Gasteiger partial charge in [0, 0.05) is 27.3 Å². The van der Waals surface area contributed by atoms with Crippen LogP contribution in [0.25, 0.3) is 11.0 Å². The summed E-state index contributed by atoms with van der Waals surface area (Å²) < 4.78 is 3.53. The fourth-order valence-electron chi connectivity index (χ4n) is 2.35. The van der Waals surface area contributed by atoms with Gasteiger partial charge in [0.15, 0.2) is 0 Å². The minimum atomic E-state index is 0.611. The zero-order valence-electron chi connectivity index (χ0n) is 10.9. The van der Waals surface area contributed by atoms with Crippen LogP contribution in [0.1, 0.15) is 10.7 Å². The molecule has 5 heteroatoms. The molecule has 2 heterocycles. The molecule has 0 fully saturated rings. The van der Waals surface area contributed by atoms with Crippen molar-refractivity contribution in [1.29, 1.82) is 0 Å². The summed E-state index contributed by atoms with van der Waals surface area (Å²) in [5.41, 5.74) is 2.28. The lowest BCUT2D eigenvalue weighted by atomic mass is 10.3. The Morgan fingerprint density at radius 3 is 2.90 bits per heavy atom. The largest absolute Gasteiger partial charge is 0.328 e. The van der Waals surface area contributed by atoms with E-state index in [1.54, 1.807) is 0 Å². The molecule has 0 amide bonds. The van der Waals surface area contributed by atoms with Crippen LogP contribution in [0, 0.1) is 3.57 Å². The summed E-state index contributed by atoms with van der Waals surface area (Å²) >= 11 is 10.1. The fourth-order valence-corrected chi connectivity index (χ4v) is 3.70. The second-order valence-electron chi connectivity index (χ2n) is 4.58. The lowest BCUT2D eigenvalue weighted by Gasteiger charge is -2.07. The molecule has 2 nitrogen and oxygen atoms in total. The van der Waals surface area contributed by atoms with E-state index in [4.69, 9.17) is 16.6 Å². The average molecular weight is 417 g/mol. The van der Waals surface area contributed by atoms with E-state index in [9.17, 15) is 0 Å². The van der Waals surface area contributed by atoms with Crippen molar-refractivity contribution >= 4 is 56.6 Å². The van der Waals surface area contributed by atoms with Crippen molar-refractivity contribution < 1.29 is 0 Å². The van der Waals surface area contributed by atoms with Crippen LogP contribution in [-0.2, 0) is 19.4 Å². The molecule has 3 rings (SSSR count). The number of halogens is 2. The molecule has 0 aliphatic carbocycles. The first-order chi connectivity index (χ1) is 9.78. The first-order valence-electron chi connectivity index (χ1n) is 6.51. The van der Waals surface area contributed by atoms with Gasteiger partial charge in [-0.1, -0.05) is 6.07 Å². The van der Waals surface area contributed by atoms with Gasteiger partial charge < -0.3 is 4.57 Å². The number of thiophene rings is 1. The standard InChI is InChI=1S/C15H14ClIN2S/c16-7-5-15-18-13-10-11(17)3-4-14(13)19(15)8-6-12-2-1-9-20-12/h1-4,9-10H,5-8H2. The highest BCUT2D eigenvalue weighted by Gasteiger charge is 2.10. The molecule has 20 heavy (non-hydrogen) atoms. The van der Waals surface area contributed by atoms with Crippen molar-refractivity contribution in [2.24, 2.45) is 0 Å². The number of aryl methyl sites for hydroxylation is 3. The van der Waals surface area contributed by atoms with Crippen LogP contribution >= 0.6 is 45.5 Å². The monoisotopic (exact) mass is 416 g/mol. The van der Waals surface area contributed by atoms with E-state index in [0.717, 1.165) is 30.7 Å². The minimum absolute atomic E-state index is 0.611. The summed E-state index contributed by atoms with van der Waals surface area (Å²) in [4.78, 5) is 6.15. The highest BCUT2D eigenvalue weighted by atomic mass is 127. The Kier molecular flexibility index (Phi) is 4.63. The minimum Gasteiger partial charge on any atom is -0.328 e. The molecule has 0 radical (unpaired) electrons. The molecular weight excluding hydrogens is 403 g/mol. The molecule has 0 saturated heterocycles. The van der Waals surface area contributed by atoms with E-state index in [2.05, 4.69) is 62.9 Å². The Labute approximate surface area is 140 Å². The van der Waals surface area contributed by atoms with E-state index in [0.29, 0.717) is 5.88 Å². The van der Waals surface area contributed by atoms with Crippen molar-refractivity contribution in [3.05, 3.63) is 50.0 Å². The molecule has 0 saturated carbocycles. The maximum absolute atomic E-state index is 5.91. The van der Waals surface area contributed by atoms with E-state index in [1.165, 1.54) is 14.0 Å². The van der Waals surface area contributed by atoms with Crippen LogP contribution in [0.4, 0.5) is 0 Å². The number of imidazole rings is 1. The summed E-state index contributed by atoms with van der Waals surface area (Å²) in [5.74, 6) is 1.70. The topological polar surface area (TPSA) is 17.8 Å². The highest BCUT2D eigenvalue weighted by molar-refractivity contribution is 14.1. The number of alkyl halides is 1. The summed E-state index contributed by atoms with van der Waals surface area (Å²) in [6, 6.07) is 10.7. The van der Waals surface area contributed by atoms with E-state index < -0.39 is 0 Å². The van der Waals surface area contributed by atoms with Crippen LogP contribution in [0.3, 0.4) is 0 Å². The molecule has 1 aromatic carbocycles. The predicted octanol–water partition coefficient (Wildman–Crippen LogP) is 4.73. The summed E-state index contributed by atoms with van der Waals surface area (Å²) in [7, 11) is 0. The average Bonchev–Trinajstić information content (AvgIpc) is 3.04. The number of hydrogen-bond acceptors (Lipinski definition) is 2. The van der Waals surface area contributed by atoms with E-state index in [-0.39, 0.29) is 0 Å². The maximum Gasteiger partial charge on any atom is 0.111 e. The molecule has 0 N–H and O–H groups in total. The van der Waals surface area contributed by atoms with Gasteiger partial charge in [0.25, 0.3) is 0 Å². The number of fused-ring (bicyclic) bond motifs is 1. The number of rotatable bonds is 5. The van der Waals surface area contributed by atoms with Gasteiger partial charge in [0.05, 0.1) is 11.0 Å². The van der Waals surface area contributed by atoms with E-state index in [1.807, 2.05) is 11.3 Å². The number of aromatic nitrogens is 2. The number of nitrogens with zero attached hydrogens (tertiary/aromatic N) is 2. The van der Waals surface area contributed by atoms with Crippen molar-refractivity contribution in [3.63, 3.8) is 0 Å². The van der Waals surface area contributed by atoms with Crippen molar-refractivity contribution in [2.75, 3.05) is 5.88 Å². The van der Waals surface area contributed by atoms with E-state index >= 15 is 0 Å². The number of benzene rings is 1. The van der Waals surface area contributed by atoms with Crippen molar-refractivity contribution in [2.45, 2.75) is 19.4 Å². The third kappa shape index (κ3) is 3.02. The maximum atomic E-state index is 5.91. The third-order valence-electron chi connectivity index (χ3n) is 3.27. The van der Waals surface area contributed by atoms with Crippen LogP contribution in [0.15, 0.2) is 35.7 Å². The molecule has 0 aliphatic heterocycles. The molecule has 0 aliphatic rings. The second kappa shape index (κ2) is 6.45. The Morgan fingerprint density at radius 1 is 1.25 bits per heavy atom. The fraction of sp³-hybridized carbons (Fsp3) is 0.267. The molecule has 3 aromatic rings. The van der Waals surface area contributed by atoms with Crippen LogP contribution in [-0.4, -0.2) is 15.4 Å². The Bertz CT molecular complexity index is 706. The molecule has 2 aromatic heterocycles. The summed E-state index contributed by atoms with van der Waals surface area (Å²) in [6.45, 7) is 0.962. The Balaban J connectivity index is 1.95. The van der Waals surface area contributed by atoms with Gasteiger partial charge in [-0.05, 0) is 58.7 Å². The zero-order chi connectivity index (χ0) is 13.9. The smallest absolute Gasteiger partial charge is 0.111 e. The molecule has 0 bridgehead atoms. The first kappa shape index (κ1) is 14.4. The van der Waals surface area contributed by atoms with Crippen LogP contribution in [0.2, 0.25) is 0 Å². The normalized spacial score (nSPS) is 11.3. The van der Waals surface area contributed by atoms with Gasteiger partial charge in [-0.3, -0.25) is 0 Å². The van der Waals surface area contributed by atoms with Gasteiger partial charge in [0.2, 0.25) is 0 Å².